The van der Waals surface area contributed by atoms with Gasteiger partial charge in [0, 0.05) is 0 Å². The SMILES string of the molecule is COC(=O)c1ccc(OC2COCN2)cn1. The number of carbonyl (C=O) groups is 1. The molecule has 0 bridgehead atoms. The molecule has 0 aromatic carbocycles. The summed E-state index contributed by atoms with van der Waals surface area (Å²) < 4.78 is 15.1. The zero-order valence-electron chi connectivity index (χ0n) is 8.80. The molecule has 1 N–H and O–H groups in total. The molecule has 6 nitrogen and oxygen atoms in total. The number of rotatable bonds is 3. The summed E-state index contributed by atoms with van der Waals surface area (Å²) >= 11 is 0. The topological polar surface area (TPSA) is 69.7 Å². The Hall–Kier alpha value is -1.66. The van der Waals surface area contributed by atoms with Crippen molar-refractivity contribution in [3.05, 3.63) is 24.0 Å². The lowest BCUT2D eigenvalue weighted by Crippen LogP contribution is -2.29. The van der Waals surface area contributed by atoms with Crippen molar-refractivity contribution < 1.29 is 19.0 Å². The molecule has 16 heavy (non-hydrogen) atoms. The quantitative estimate of drug-likeness (QED) is 0.737. The average molecular weight is 224 g/mol. The van der Waals surface area contributed by atoms with Crippen molar-refractivity contribution in [2.75, 3.05) is 20.4 Å². The zero-order chi connectivity index (χ0) is 11.4. The second kappa shape index (κ2) is 4.91. The van der Waals surface area contributed by atoms with Crippen LogP contribution in [0, 0.1) is 0 Å². The fraction of sp³-hybridized carbons (Fsp3) is 0.400. The summed E-state index contributed by atoms with van der Waals surface area (Å²) in [5.41, 5.74) is 0.255. The van der Waals surface area contributed by atoms with Crippen LogP contribution in [0.3, 0.4) is 0 Å². The Kier molecular flexibility index (Phi) is 3.33. The van der Waals surface area contributed by atoms with Crippen LogP contribution in [0.5, 0.6) is 5.75 Å². The normalized spacial score (nSPS) is 19.4. The highest BCUT2D eigenvalue weighted by atomic mass is 16.6. The third-order valence-corrected chi connectivity index (χ3v) is 2.09. The number of nitrogens with zero attached hydrogens (tertiary/aromatic N) is 1. The maximum atomic E-state index is 11.1. The summed E-state index contributed by atoms with van der Waals surface area (Å²) in [7, 11) is 1.31. The van der Waals surface area contributed by atoms with Gasteiger partial charge in [-0.1, -0.05) is 0 Å². The first-order chi connectivity index (χ1) is 7.79. The molecule has 0 amide bonds. The fourth-order valence-electron chi connectivity index (χ4n) is 1.29. The summed E-state index contributed by atoms with van der Waals surface area (Å²) in [5, 5.41) is 2.99. The van der Waals surface area contributed by atoms with Gasteiger partial charge in [-0.05, 0) is 12.1 Å². The number of methoxy groups -OCH3 is 1. The summed E-state index contributed by atoms with van der Waals surface area (Å²) in [6, 6.07) is 3.22. The predicted molar refractivity (Wildman–Crippen MR) is 53.9 cm³/mol. The van der Waals surface area contributed by atoms with E-state index in [0.717, 1.165) is 0 Å². The van der Waals surface area contributed by atoms with Crippen molar-refractivity contribution in [1.82, 2.24) is 10.3 Å². The van der Waals surface area contributed by atoms with Crippen LogP contribution < -0.4 is 10.1 Å². The van der Waals surface area contributed by atoms with Crippen LogP contribution >= 0.6 is 0 Å². The monoisotopic (exact) mass is 224 g/mol. The van der Waals surface area contributed by atoms with Crippen LogP contribution in [-0.4, -0.2) is 37.6 Å². The van der Waals surface area contributed by atoms with Gasteiger partial charge in [-0.2, -0.15) is 0 Å². The first-order valence-corrected chi connectivity index (χ1v) is 4.82. The molecule has 1 aromatic rings. The third kappa shape index (κ3) is 2.47. The maximum absolute atomic E-state index is 11.1. The van der Waals surface area contributed by atoms with Gasteiger partial charge < -0.3 is 14.2 Å². The number of hydrogen-bond acceptors (Lipinski definition) is 6. The molecule has 1 fully saturated rings. The molecule has 0 spiro atoms. The van der Waals surface area contributed by atoms with E-state index in [9.17, 15) is 4.79 Å². The second-order valence-electron chi connectivity index (χ2n) is 3.20. The molecule has 1 unspecified atom stereocenters. The van der Waals surface area contributed by atoms with Crippen LogP contribution in [0.25, 0.3) is 0 Å². The van der Waals surface area contributed by atoms with Crippen molar-refractivity contribution in [2.24, 2.45) is 0 Å². The van der Waals surface area contributed by atoms with E-state index in [4.69, 9.17) is 9.47 Å². The number of esters is 1. The Labute approximate surface area is 92.5 Å². The number of ether oxygens (including phenoxy) is 3. The summed E-state index contributed by atoms with van der Waals surface area (Å²) in [5.74, 6) is 0.115. The molecule has 1 atom stereocenters. The Morgan fingerprint density at radius 1 is 1.62 bits per heavy atom. The van der Waals surface area contributed by atoms with Gasteiger partial charge in [0.05, 0.1) is 26.6 Å². The van der Waals surface area contributed by atoms with E-state index in [0.29, 0.717) is 19.1 Å². The minimum absolute atomic E-state index is 0.161. The van der Waals surface area contributed by atoms with Gasteiger partial charge in [-0.25, -0.2) is 9.78 Å². The maximum Gasteiger partial charge on any atom is 0.356 e. The highest BCUT2D eigenvalue weighted by Gasteiger charge is 2.16. The number of carbonyl (C=O) groups excluding carboxylic acids is 1. The number of hydrogen-bond donors (Lipinski definition) is 1. The Morgan fingerprint density at radius 2 is 2.50 bits per heavy atom. The first kappa shape index (κ1) is 10.8. The fourth-order valence-corrected chi connectivity index (χ4v) is 1.29. The number of pyridine rings is 1. The van der Waals surface area contributed by atoms with E-state index in [-0.39, 0.29) is 11.9 Å². The highest BCUT2D eigenvalue weighted by molar-refractivity contribution is 5.87. The molecule has 1 aromatic heterocycles. The zero-order valence-corrected chi connectivity index (χ0v) is 8.80. The van der Waals surface area contributed by atoms with E-state index in [2.05, 4.69) is 15.0 Å². The molecule has 1 saturated heterocycles. The summed E-state index contributed by atoms with van der Waals surface area (Å²) in [6.45, 7) is 0.983. The van der Waals surface area contributed by atoms with Crippen molar-refractivity contribution in [3.8, 4) is 5.75 Å². The van der Waals surface area contributed by atoms with E-state index in [1.54, 1.807) is 12.1 Å². The molecule has 1 aliphatic heterocycles. The molecule has 6 heteroatoms. The average Bonchev–Trinajstić information content (AvgIpc) is 2.82. The number of nitrogens with one attached hydrogen (secondary N) is 1. The highest BCUT2D eigenvalue weighted by Crippen LogP contribution is 2.12. The molecule has 2 heterocycles. The molecule has 0 radical (unpaired) electrons. The Morgan fingerprint density at radius 3 is 3.06 bits per heavy atom. The standard InChI is InChI=1S/C10H12N2O4/c1-14-10(13)8-3-2-7(4-11-8)16-9-5-15-6-12-9/h2-4,9,12H,5-6H2,1H3. The molecule has 0 saturated carbocycles. The van der Waals surface area contributed by atoms with E-state index < -0.39 is 5.97 Å². The van der Waals surface area contributed by atoms with Crippen LogP contribution in [0.15, 0.2) is 18.3 Å². The Balaban J connectivity index is 1.98. The van der Waals surface area contributed by atoms with Crippen LogP contribution in [-0.2, 0) is 9.47 Å². The molecular formula is C10H12N2O4. The lowest BCUT2D eigenvalue weighted by atomic mass is 10.3. The molecule has 1 aliphatic rings. The smallest absolute Gasteiger partial charge is 0.356 e. The van der Waals surface area contributed by atoms with E-state index in [1.165, 1.54) is 13.3 Å². The van der Waals surface area contributed by atoms with Crippen molar-refractivity contribution in [1.29, 1.82) is 0 Å². The molecule has 0 aliphatic carbocycles. The first-order valence-electron chi connectivity index (χ1n) is 4.82. The van der Waals surface area contributed by atoms with Crippen LogP contribution in [0.1, 0.15) is 10.5 Å². The van der Waals surface area contributed by atoms with Crippen molar-refractivity contribution in [3.63, 3.8) is 0 Å². The second-order valence-corrected chi connectivity index (χ2v) is 3.20. The van der Waals surface area contributed by atoms with Crippen LogP contribution in [0.4, 0.5) is 0 Å². The minimum atomic E-state index is -0.464. The van der Waals surface area contributed by atoms with Crippen molar-refractivity contribution >= 4 is 5.97 Å². The van der Waals surface area contributed by atoms with Gasteiger partial charge in [0.15, 0.2) is 6.23 Å². The summed E-state index contributed by atoms with van der Waals surface area (Å²) in [6.07, 6.45) is 1.32. The van der Waals surface area contributed by atoms with Gasteiger partial charge >= 0.3 is 5.97 Å². The molecular weight excluding hydrogens is 212 g/mol. The van der Waals surface area contributed by atoms with Gasteiger partial charge in [-0.3, -0.25) is 5.32 Å². The lowest BCUT2D eigenvalue weighted by molar-refractivity contribution is 0.0594. The Bertz CT molecular complexity index is 360. The van der Waals surface area contributed by atoms with Gasteiger partial charge in [0.1, 0.15) is 11.4 Å². The number of aromatic nitrogens is 1. The van der Waals surface area contributed by atoms with Gasteiger partial charge in [-0.15, -0.1) is 0 Å². The third-order valence-electron chi connectivity index (χ3n) is 2.09. The largest absolute Gasteiger partial charge is 0.471 e. The van der Waals surface area contributed by atoms with Crippen molar-refractivity contribution in [2.45, 2.75) is 6.23 Å². The van der Waals surface area contributed by atoms with Gasteiger partial charge in [0.2, 0.25) is 0 Å². The van der Waals surface area contributed by atoms with Gasteiger partial charge in [0.25, 0.3) is 0 Å². The summed E-state index contributed by atoms with van der Waals surface area (Å²) in [4.78, 5) is 15.0. The lowest BCUT2D eigenvalue weighted by Gasteiger charge is -2.11. The predicted octanol–water partition coefficient (Wildman–Crippen LogP) is 0.150. The van der Waals surface area contributed by atoms with E-state index in [1.807, 2.05) is 0 Å². The van der Waals surface area contributed by atoms with E-state index >= 15 is 0 Å². The molecule has 2 rings (SSSR count). The van der Waals surface area contributed by atoms with Crippen LogP contribution in [0.2, 0.25) is 0 Å². The molecule has 86 valence electrons. The minimum Gasteiger partial charge on any atom is -0.471 e.